The fourth-order valence-corrected chi connectivity index (χ4v) is 5.18. The molecule has 1 nitrogen and oxygen atoms in total. The van der Waals surface area contributed by atoms with E-state index in [9.17, 15) is 4.39 Å². The Morgan fingerprint density at radius 2 is 1.83 bits per heavy atom. The van der Waals surface area contributed by atoms with E-state index in [1.807, 2.05) is 19.1 Å². The molecule has 2 aromatic carbocycles. The average molecular weight is 391 g/mol. The zero-order valence-electron chi connectivity index (χ0n) is 17.4. The topological polar surface area (TPSA) is 9.23 Å². The van der Waals surface area contributed by atoms with Crippen molar-refractivity contribution in [2.45, 2.75) is 58.0 Å². The number of hydrogen-bond acceptors (Lipinski definition) is 1. The van der Waals surface area contributed by atoms with Gasteiger partial charge in [0.2, 0.25) is 0 Å². The predicted molar refractivity (Wildman–Crippen MR) is 119 cm³/mol. The van der Waals surface area contributed by atoms with Crippen molar-refractivity contribution in [2.24, 2.45) is 11.8 Å². The van der Waals surface area contributed by atoms with E-state index >= 15 is 0 Å². The van der Waals surface area contributed by atoms with Crippen molar-refractivity contribution in [3.05, 3.63) is 75.9 Å². The molecule has 0 N–H and O–H groups in total. The normalized spacial score (nSPS) is 23.3. The van der Waals surface area contributed by atoms with Crippen LogP contribution < -0.4 is 15.2 Å². The van der Waals surface area contributed by atoms with Gasteiger partial charge in [0.1, 0.15) is 17.7 Å². The first-order valence-electron chi connectivity index (χ1n) is 11.0. The molecule has 0 bridgehead atoms. The Labute approximate surface area is 173 Å². The Hall–Kier alpha value is -2.35. The molecule has 2 aliphatic carbocycles. The van der Waals surface area contributed by atoms with Crippen molar-refractivity contribution in [1.29, 1.82) is 0 Å². The van der Waals surface area contributed by atoms with E-state index in [0.29, 0.717) is 28.0 Å². The number of hydrogen-bond donors (Lipinski definition) is 0. The molecule has 1 saturated carbocycles. The minimum Gasteiger partial charge on any atom is -0.485 e. The lowest BCUT2D eigenvalue weighted by molar-refractivity contribution is 0.0627. The molecule has 0 amide bonds. The first-order chi connectivity index (χ1) is 14.2. The number of aryl methyl sites for hydroxylation is 1. The zero-order chi connectivity index (χ0) is 20.2. The summed E-state index contributed by atoms with van der Waals surface area (Å²) < 4.78 is 21.1. The molecule has 29 heavy (non-hydrogen) atoms. The van der Waals surface area contributed by atoms with Crippen molar-refractivity contribution in [2.75, 3.05) is 0 Å². The van der Waals surface area contributed by atoms with Gasteiger partial charge < -0.3 is 4.74 Å². The van der Waals surface area contributed by atoms with Crippen LogP contribution in [0, 0.1) is 17.7 Å². The molecule has 2 aromatic rings. The van der Waals surface area contributed by atoms with Crippen molar-refractivity contribution in [1.82, 2.24) is 0 Å². The number of halogens is 1. The highest BCUT2D eigenvalue weighted by Gasteiger charge is 2.37. The zero-order valence-corrected chi connectivity index (χ0v) is 17.4. The third kappa shape index (κ3) is 4.17. The van der Waals surface area contributed by atoms with Gasteiger partial charge in [-0.15, -0.1) is 0 Å². The third-order valence-electron chi connectivity index (χ3n) is 6.72. The molecule has 4 rings (SSSR count). The van der Waals surface area contributed by atoms with Crippen LogP contribution in [0.1, 0.15) is 62.7 Å². The molecule has 2 heteroatoms. The molecule has 2 atom stereocenters. The maximum Gasteiger partial charge on any atom is 0.131 e. The molecular formula is C27H31FO. The van der Waals surface area contributed by atoms with Crippen LogP contribution in [0.5, 0.6) is 5.75 Å². The number of allylic oxidation sites excluding steroid dienone is 2. The second-order valence-corrected chi connectivity index (χ2v) is 8.47. The average Bonchev–Trinajstić information content (AvgIpc) is 2.76. The standard InChI is InChI=1S/C27H31FO/c1-3-4-13-22-19(2)26(18-17-25(22)28)29-27-23-14-9-8-12-21(23)15-16-24(27)20-10-6-5-7-11-20/h3-4,8-9,12-14,17-18,20,24,27H,2,5-7,10-11,15-16H2,1H3/b4-3-,22-13+/t24?,27-/m0/s1. The quantitative estimate of drug-likeness (QED) is 0.636. The highest BCUT2D eigenvalue weighted by molar-refractivity contribution is 5.42. The summed E-state index contributed by atoms with van der Waals surface area (Å²) in [4.78, 5) is 0. The lowest BCUT2D eigenvalue weighted by Crippen LogP contribution is -2.35. The molecule has 1 unspecified atom stereocenters. The number of rotatable bonds is 4. The van der Waals surface area contributed by atoms with E-state index in [2.05, 4.69) is 30.8 Å². The number of benzene rings is 2. The van der Waals surface area contributed by atoms with E-state index in [4.69, 9.17) is 4.74 Å². The molecule has 0 heterocycles. The van der Waals surface area contributed by atoms with Gasteiger partial charge in [0.05, 0.1) is 0 Å². The Balaban J connectivity index is 1.73. The van der Waals surface area contributed by atoms with Crippen LogP contribution in [0.4, 0.5) is 4.39 Å². The second-order valence-electron chi connectivity index (χ2n) is 8.47. The molecule has 2 aliphatic rings. The van der Waals surface area contributed by atoms with Gasteiger partial charge in [0.25, 0.3) is 0 Å². The molecule has 0 radical (unpaired) electrons. The van der Waals surface area contributed by atoms with Crippen LogP contribution in [0.25, 0.3) is 12.7 Å². The Kier molecular flexibility index (Phi) is 6.18. The summed E-state index contributed by atoms with van der Waals surface area (Å²) in [7, 11) is 0. The van der Waals surface area contributed by atoms with Gasteiger partial charge in [-0.1, -0.05) is 81.2 Å². The van der Waals surface area contributed by atoms with Crippen LogP contribution in [-0.4, -0.2) is 0 Å². The van der Waals surface area contributed by atoms with Crippen LogP contribution in [-0.2, 0) is 6.42 Å². The summed E-state index contributed by atoms with van der Waals surface area (Å²) in [6.07, 6.45) is 14.4. The largest absolute Gasteiger partial charge is 0.485 e. The summed E-state index contributed by atoms with van der Waals surface area (Å²) in [5.74, 6) is 1.67. The number of fused-ring (bicyclic) bond motifs is 1. The maximum absolute atomic E-state index is 14.4. The van der Waals surface area contributed by atoms with Crippen molar-refractivity contribution >= 4 is 12.7 Å². The van der Waals surface area contributed by atoms with Gasteiger partial charge in [-0.3, -0.25) is 0 Å². The monoisotopic (exact) mass is 390 g/mol. The van der Waals surface area contributed by atoms with Gasteiger partial charge in [0, 0.05) is 16.4 Å². The van der Waals surface area contributed by atoms with Gasteiger partial charge in [-0.2, -0.15) is 0 Å². The molecule has 0 saturated heterocycles. The minimum atomic E-state index is -0.256. The van der Waals surface area contributed by atoms with E-state index in [-0.39, 0.29) is 11.9 Å². The lowest BCUT2D eigenvalue weighted by Gasteiger charge is -2.40. The Morgan fingerprint density at radius 1 is 1.03 bits per heavy atom. The summed E-state index contributed by atoms with van der Waals surface area (Å²) in [6, 6.07) is 11.9. The van der Waals surface area contributed by atoms with Crippen LogP contribution >= 0.6 is 0 Å². The Morgan fingerprint density at radius 3 is 2.62 bits per heavy atom. The van der Waals surface area contributed by atoms with Gasteiger partial charge in [-0.05, 0) is 48.9 Å². The van der Waals surface area contributed by atoms with E-state index < -0.39 is 0 Å². The summed E-state index contributed by atoms with van der Waals surface area (Å²) in [5.41, 5.74) is 2.69. The summed E-state index contributed by atoms with van der Waals surface area (Å²) in [6.45, 7) is 6.08. The first kappa shape index (κ1) is 19.9. The van der Waals surface area contributed by atoms with Gasteiger partial charge >= 0.3 is 0 Å². The highest BCUT2D eigenvalue weighted by Crippen LogP contribution is 2.45. The van der Waals surface area contributed by atoms with E-state index in [0.717, 1.165) is 12.8 Å². The highest BCUT2D eigenvalue weighted by atomic mass is 19.1. The second kappa shape index (κ2) is 8.98. The fraction of sp³-hybridized carbons (Fsp3) is 0.407. The molecule has 0 aliphatic heterocycles. The van der Waals surface area contributed by atoms with E-state index in [1.165, 1.54) is 49.3 Å². The number of ether oxygens (including phenoxy) is 1. The minimum absolute atomic E-state index is 0.0172. The van der Waals surface area contributed by atoms with Crippen molar-refractivity contribution < 1.29 is 9.13 Å². The molecule has 152 valence electrons. The van der Waals surface area contributed by atoms with Gasteiger partial charge in [-0.25, -0.2) is 4.39 Å². The van der Waals surface area contributed by atoms with Crippen molar-refractivity contribution in [3.8, 4) is 5.75 Å². The smallest absolute Gasteiger partial charge is 0.131 e. The van der Waals surface area contributed by atoms with Crippen LogP contribution in [0.2, 0.25) is 0 Å². The van der Waals surface area contributed by atoms with Crippen molar-refractivity contribution in [3.63, 3.8) is 0 Å². The van der Waals surface area contributed by atoms with Crippen LogP contribution in [0.3, 0.4) is 0 Å². The fourth-order valence-electron chi connectivity index (χ4n) is 5.18. The summed E-state index contributed by atoms with van der Waals surface area (Å²) in [5, 5.41) is 1.15. The predicted octanol–water partition coefficient (Wildman–Crippen LogP) is 5.86. The molecular weight excluding hydrogens is 359 g/mol. The van der Waals surface area contributed by atoms with Gasteiger partial charge in [0.15, 0.2) is 0 Å². The molecule has 0 spiro atoms. The summed E-state index contributed by atoms with van der Waals surface area (Å²) >= 11 is 0. The lowest BCUT2D eigenvalue weighted by atomic mass is 9.70. The van der Waals surface area contributed by atoms with Crippen LogP contribution in [0.15, 0.2) is 48.6 Å². The van der Waals surface area contributed by atoms with E-state index in [1.54, 1.807) is 12.1 Å². The molecule has 0 aromatic heterocycles. The maximum atomic E-state index is 14.4. The molecule has 1 fully saturated rings. The Bertz CT molecular complexity index is 984. The first-order valence-corrected chi connectivity index (χ1v) is 11.0. The SMILES string of the molecule is C=c1c(O[C@H]2c3ccccc3CCC2C2CCCCC2)ccc(F)/c1=C/C=C\C. The third-order valence-corrected chi connectivity index (χ3v) is 6.72.